The fraction of sp³-hybridized carbons (Fsp3) is 0.118. The van der Waals surface area contributed by atoms with E-state index in [4.69, 9.17) is 11.6 Å². The number of halogens is 2. The van der Waals surface area contributed by atoms with Crippen molar-refractivity contribution in [1.82, 2.24) is 24.9 Å². The molecule has 3 aromatic heterocycles. The largest absolute Gasteiger partial charge is 0.253 e. The Morgan fingerprint density at radius 2 is 1.71 bits per heavy atom. The topological polar surface area (TPSA) is 64.5 Å². The molecule has 0 aliphatic carbocycles. The van der Waals surface area contributed by atoms with E-state index in [-0.39, 0.29) is 16.4 Å². The first-order valence-electron chi connectivity index (χ1n) is 7.26. The minimum atomic E-state index is -0.468. The zero-order valence-corrected chi connectivity index (χ0v) is 13.6. The van der Waals surface area contributed by atoms with Crippen LogP contribution >= 0.6 is 11.6 Å². The van der Waals surface area contributed by atoms with Gasteiger partial charge in [0.05, 0.1) is 11.4 Å². The van der Waals surface area contributed by atoms with E-state index < -0.39 is 5.82 Å². The molecule has 0 radical (unpaired) electrons. The smallest absolute Gasteiger partial charge is 0.225 e. The van der Waals surface area contributed by atoms with Crippen LogP contribution in [0.25, 0.3) is 33.3 Å². The monoisotopic (exact) mass is 339 g/mol. The first-order chi connectivity index (χ1) is 11.5. The second kappa shape index (κ2) is 5.42. The average molecular weight is 340 g/mol. The number of hydrogen-bond acceptors (Lipinski definition) is 5. The molecule has 118 valence electrons. The van der Waals surface area contributed by atoms with Gasteiger partial charge in [0.15, 0.2) is 11.5 Å². The van der Waals surface area contributed by atoms with Crippen molar-refractivity contribution in [3.05, 3.63) is 53.0 Å². The molecule has 4 aromatic rings. The number of aryl methyl sites for hydroxylation is 2. The first-order valence-corrected chi connectivity index (χ1v) is 7.64. The van der Waals surface area contributed by atoms with Crippen LogP contribution in [-0.2, 0) is 0 Å². The third kappa shape index (κ3) is 2.27. The molecule has 5 nitrogen and oxygen atoms in total. The van der Waals surface area contributed by atoms with E-state index in [1.165, 1.54) is 0 Å². The number of rotatable bonds is 1. The normalized spacial score (nSPS) is 11.3. The molecule has 0 saturated carbocycles. The molecule has 0 aliphatic heterocycles. The molecule has 24 heavy (non-hydrogen) atoms. The van der Waals surface area contributed by atoms with Crippen LogP contribution in [0, 0.1) is 19.7 Å². The molecule has 0 bridgehead atoms. The summed E-state index contributed by atoms with van der Waals surface area (Å²) in [5.41, 5.74) is 3.08. The molecule has 0 fully saturated rings. The Kier molecular flexibility index (Phi) is 3.35. The maximum atomic E-state index is 15.0. The summed E-state index contributed by atoms with van der Waals surface area (Å²) in [6, 6.07) is 7.00. The van der Waals surface area contributed by atoms with E-state index in [1.807, 2.05) is 13.8 Å². The lowest BCUT2D eigenvalue weighted by Gasteiger charge is -2.09. The summed E-state index contributed by atoms with van der Waals surface area (Å²) < 4.78 is 15.0. The van der Waals surface area contributed by atoms with Gasteiger partial charge in [-0.1, -0.05) is 12.1 Å². The standard InChI is InChI=1S/C17H11ClFN5/c1-8-9(2)22-16-15(21-8)14(23-17(18)24-16)11-6-5-10-4-3-7-20-13(10)12(11)19/h3-7H,1-2H3. The van der Waals surface area contributed by atoms with E-state index in [9.17, 15) is 4.39 Å². The highest BCUT2D eigenvalue weighted by atomic mass is 35.5. The van der Waals surface area contributed by atoms with Crippen LogP contribution in [0.2, 0.25) is 5.28 Å². The molecule has 0 atom stereocenters. The summed E-state index contributed by atoms with van der Waals surface area (Å²) in [4.78, 5) is 21.3. The van der Waals surface area contributed by atoms with Gasteiger partial charge in [-0.25, -0.2) is 19.3 Å². The van der Waals surface area contributed by atoms with E-state index >= 15 is 0 Å². The molecule has 0 saturated heterocycles. The number of aromatic nitrogens is 5. The highest BCUT2D eigenvalue weighted by molar-refractivity contribution is 6.28. The number of pyridine rings is 1. The lowest BCUT2D eigenvalue weighted by atomic mass is 10.1. The molecule has 0 unspecified atom stereocenters. The molecular formula is C17H11ClFN5. The van der Waals surface area contributed by atoms with Crippen molar-refractivity contribution in [1.29, 1.82) is 0 Å². The molecule has 7 heteroatoms. The van der Waals surface area contributed by atoms with Gasteiger partial charge in [-0.2, -0.15) is 4.98 Å². The Balaban J connectivity index is 2.10. The molecule has 0 aliphatic rings. The van der Waals surface area contributed by atoms with Crippen molar-refractivity contribution in [3.8, 4) is 11.3 Å². The summed E-state index contributed by atoms with van der Waals surface area (Å²) in [7, 11) is 0. The van der Waals surface area contributed by atoms with Crippen LogP contribution in [0.3, 0.4) is 0 Å². The van der Waals surface area contributed by atoms with Gasteiger partial charge in [0, 0.05) is 17.1 Å². The van der Waals surface area contributed by atoms with E-state index in [0.29, 0.717) is 22.2 Å². The van der Waals surface area contributed by atoms with E-state index in [2.05, 4.69) is 24.9 Å². The van der Waals surface area contributed by atoms with Crippen LogP contribution in [0.15, 0.2) is 30.5 Å². The summed E-state index contributed by atoms with van der Waals surface area (Å²) in [6.07, 6.45) is 1.55. The van der Waals surface area contributed by atoms with Gasteiger partial charge in [0.2, 0.25) is 5.28 Å². The maximum Gasteiger partial charge on any atom is 0.225 e. The molecule has 0 amide bonds. The third-order valence-corrected chi connectivity index (χ3v) is 4.05. The zero-order chi connectivity index (χ0) is 16.8. The maximum absolute atomic E-state index is 15.0. The Hall–Kier alpha value is -2.73. The number of hydrogen-bond donors (Lipinski definition) is 0. The highest BCUT2D eigenvalue weighted by Crippen LogP contribution is 2.31. The van der Waals surface area contributed by atoms with Crippen LogP contribution in [0.5, 0.6) is 0 Å². The number of benzene rings is 1. The van der Waals surface area contributed by atoms with E-state index in [1.54, 1.807) is 30.5 Å². The quantitative estimate of drug-likeness (QED) is 0.490. The van der Waals surface area contributed by atoms with Gasteiger partial charge in [-0.05, 0) is 37.6 Å². The minimum Gasteiger partial charge on any atom is -0.253 e. The minimum absolute atomic E-state index is 0.00410. The van der Waals surface area contributed by atoms with Crippen LogP contribution < -0.4 is 0 Å². The van der Waals surface area contributed by atoms with Gasteiger partial charge >= 0.3 is 0 Å². The Bertz CT molecular complexity index is 1110. The predicted octanol–water partition coefficient (Wildman–Crippen LogP) is 4.04. The Labute approximate surface area is 141 Å². The summed E-state index contributed by atoms with van der Waals surface area (Å²) >= 11 is 6.01. The Morgan fingerprint density at radius 3 is 2.54 bits per heavy atom. The van der Waals surface area contributed by atoms with Crippen molar-refractivity contribution < 1.29 is 4.39 Å². The van der Waals surface area contributed by atoms with Crippen molar-refractivity contribution in [3.63, 3.8) is 0 Å². The summed E-state index contributed by atoms with van der Waals surface area (Å²) in [5, 5.41) is 0.705. The fourth-order valence-electron chi connectivity index (χ4n) is 2.57. The summed E-state index contributed by atoms with van der Waals surface area (Å²) in [6.45, 7) is 3.66. The highest BCUT2D eigenvalue weighted by Gasteiger charge is 2.18. The Morgan fingerprint density at radius 1 is 0.917 bits per heavy atom. The van der Waals surface area contributed by atoms with Gasteiger partial charge < -0.3 is 0 Å². The molecule has 0 N–H and O–H groups in total. The van der Waals surface area contributed by atoms with Crippen LogP contribution in [-0.4, -0.2) is 24.9 Å². The number of nitrogens with zero attached hydrogens (tertiary/aromatic N) is 5. The van der Waals surface area contributed by atoms with Crippen LogP contribution in [0.1, 0.15) is 11.4 Å². The average Bonchev–Trinajstić information content (AvgIpc) is 2.56. The van der Waals surface area contributed by atoms with E-state index in [0.717, 1.165) is 11.4 Å². The van der Waals surface area contributed by atoms with Gasteiger partial charge in [-0.15, -0.1) is 0 Å². The second-order valence-corrected chi connectivity index (χ2v) is 5.75. The van der Waals surface area contributed by atoms with Crippen molar-refractivity contribution >= 4 is 33.7 Å². The fourth-order valence-corrected chi connectivity index (χ4v) is 2.73. The second-order valence-electron chi connectivity index (χ2n) is 5.41. The third-order valence-electron chi connectivity index (χ3n) is 3.88. The van der Waals surface area contributed by atoms with Crippen molar-refractivity contribution in [2.45, 2.75) is 13.8 Å². The lowest BCUT2D eigenvalue weighted by Crippen LogP contribution is -2.01. The van der Waals surface area contributed by atoms with Gasteiger partial charge in [0.1, 0.15) is 16.7 Å². The zero-order valence-electron chi connectivity index (χ0n) is 12.9. The van der Waals surface area contributed by atoms with Crippen LogP contribution in [0.4, 0.5) is 4.39 Å². The van der Waals surface area contributed by atoms with Gasteiger partial charge in [-0.3, -0.25) is 4.98 Å². The predicted molar refractivity (Wildman–Crippen MR) is 90.3 cm³/mol. The van der Waals surface area contributed by atoms with Crippen molar-refractivity contribution in [2.75, 3.05) is 0 Å². The van der Waals surface area contributed by atoms with Gasteiger partial charge in [0.25, 0.3) is 0 Å². The molecule has 4 rings (SSSR count). The summed E-state index contributed by atoms with van der Waals surface area (Å²) in [5.74, 6) is -0.468. The number of fused-ring (bicyclic) bond motifs is 2. The SMILES string of the molecule is Cc1nc2nc(Cl)nc(-c3ccc4cccnc4c3F)c2nc1C. The lowest BCUT2D eigenvalue weighted by molar-refractivity contribution is 0.639. The molecule has 1 aromatic carbocycles. The molecular weight excluding hydrogens is 329 g/mol. The van der Waals surface area contributed by atoms with Crippen molar-refractivity contribution in [2.24, 2.45) is 0 Å². The molecule has 0 spiro atoms. The first kappa shape index (κ1) is 14.8. The molecule has 3 heterocycles.